The predicted molar refractivity (Wildman–Crippen MR) is 110 cm³/mol. The smallest absolute Gasteiger partial charge is 0.342 e. The summed E-state index contributed by atoms with van der Waals surface area (Å²) in [7, 11) is 0. The molecule has 2 heterocycles. The van der Waals surface area contributed by atoms with Gasteiger partial charge in [0.15, 0.2) is 0 Å². The van der Waals surface area contributed by atoms with Crippen molar-refractivity contribution >= 4 is 5.91 Å². The second kappa shape index (κ2) is 8.71. The number of imidazole rings is 1. The summed E-state index contributed by atoms with van der Waals surface area (Å²) in [6.07, 6.45) is -2.31. The highest BCUT2D eigenvalue weighted by atomic mass is 19.4. The van der Waals surface area contributed by atoms with Crippen molar-refractivity contribution in [2.75, 3.05) is 13.1 Å². The minimum atomic E-state index is -4.38. The number of benzene rings is 1. The molecule has 1 fully saturated rings. The molecule has 1 unspecified atom stereocenters. The molecular weight excluding hydrogens is 407 g/mol. The van der Waals surface area contributed by atoms with Crippen molar-refractivity contribution in [1.82, 2.24) is 20.2 Å². The zero-order valence-electron chi connectivity index (χ0n) is 17.8. The molecule has 0 aliphatic carbocycles. The summed E-state index contributed by atoms with van der Waals surface area (Å²) in [5.74, 6) is 0.406. The van der Waals surface area contributed by atoms with Crippen molar-refractivity contribution in [3.63, 3.8) is 0 Å². The second-order valence-electron chi connectivity index (χ2n) is 8.52. The molecule has 1 amide bonds. The summed E-state index contributed by atoms with van der Waals surface area (Å²) in [5.41, 5.74) is 1.01. The highest BCUT2D eigenvalue weighted by molar-refractivity contribution is 5.79. The van der Waals surface area contributed by atoms with Crippen LogP contribution in [0.2, 0.25) is 0 Å². The Hall–Kier alpha value is -2.86. The fraction of sp³-hybridized carbons (Fsp3) is 0.500. The van der Waals surface area contributed by atoms with Crippen LogP contribution in [0.3, 0.4) is 0 Å². The van der Waals surface area contributed by atoms with E-state index >= 15 is 0 Å². The first-order chi connectivity index (χ1) is 14.5. The second-order valence-corrected chi connectivity index (χ2v) is 8.52. The number of halogens is 3. The van der Waals surface area contributed by atoms with Crippen LogP contribution in [-0.4, -0.2) is 45.4 Å². The maximum Gasteiger partial charge on any atom is 0.416 e. The van der Waals surface area contributed by atoms with E-state index in [2.05, 4.69) is 21.4 Å². The molecule has 9 heteroatoms. The van der Waals surface area contributed by atoms with Gasteiger partial charge in [-0.15, -0.1) is 0 Å². The van der Waals surface area contributed by atoms with Crippen LogP contribution >= 0.6 is 0 Å². The SMILES string of the molecule is Cc1[nH]c(-c2ccc(C(F)(F)F)cc2)nc1CC(C)(C)NCC(=O)N1CCCC1C#N. The van der Waals surface area contributed by atoms with Gasteiger partial charge in [0.1, 0.15) is 11.9 Å². The van der Waals surface area contributed by atoms with E-state index in [1.54, 1.807) is 4.90 Å². The van der Waals surface area contributed by atoms with E-state index in [-0.39, 0.29) is 18.5 Å². The number of amides is 1. The summed E-state index contributed by atoms with van der Waals surface area (Å²) in [6, 6.07) is 6.69. The number of hydrogen-bond acceptors (Lipinski definition) is 4. The average Bonchev–Trinajstić information content (AvgIpc) is 3.32. The van der Waals surface area contributed by atoms with E-state index in [9.17, 15) is 18.0 Å². The molecule has 166 valence electrons. The molecule has 0 spiro atoms. The maximum absolute atomic E-state index is 12.8. The topological polar surface area (TPSA) is 84.8 Å². The molecule has 1 aliphatic heterocycles. The number of carbonyl (C=O) groups is 1. The summed E-state index contributed by atoms with van der Waals surface area (Å²) in [6.45, 7) is 6.50. The maximum atomic E-state index is 12.8. The number of aromatic amines is 1. The molecule has 3 rings (SSSR count). The molecule has 1 aromatic heterocycles. The van der Waals surface area contributed by atoms with Gasteiger partial charge in [0, 0.05) is 29.8 Å². The largest absolute Gasteiger partial charge is 0.416 e. The number of H-pyrrole nitrogens is 1. The van der Waals surface area contributed by atoms with Gasteiger partial charge in [-0.05, 0) is 45.7 Å². The first-order valence-electron chi connectivity index (χ1n) is 10.2. The van der Waals surface area contributed by atoms with Crippen LogP contribution in [-0.2, 0) is 17.4 Å². The Morgan fingerprint density at radius 1 is 1.32 bits per heavy atom. The molecule has 1 aromatic carbocycles. The van der Waals surface area contributed by atoms with Crippen LogP contribution < -0.4 is 5.32 Å². The van der Waals surface area contributed by atoms with E-state index < -0.39 is 17.3 Å². The van der Waals surface area contributed by atoms with Gasteiger partial charge in [-0.25, -0.2) is 4.98 Å². The standard InChI is InChI=1S/C22H26F3N5O/c1-14-18(29-20(28-14)15-6-8-16(9-7-15)22(23,24)25)11-21(2,3)27-13-19(31)30-10-4-5-17(30)12-26/h6-9,17,27H,4-5,10-11,13H2,1-3H3,(H,28,29). The summed E-state index contributed by atoms with van der Waals surface area (Å²) >= 11 is 0. The minimum Gasteiger partial charge on any atom is -0.342 e. The first kappa shape index (κ1) is 22.8. The highest BCUT2D eigenvalue weighted by Gasteiger charge is 2.31. The Kier molecular flexibility index (Phi) is 6.41. The lowest BCUT2D eigenvalue weighted by Gasteiger charge is -2.28. The van der Waals surface area contributed by atoms with Gasteiger partial charge in [0.25, 0.3) is 0 Å². The molecular formula is C22H26F3N5O. The number of nitrogens with zero attached hydrogens (tertiary/aromatic N) is 3. The van der Waals surface area contributed by atoms with E-state index in [0.29, 0.717) is 30.8 Å². The van der Waals surface area contributed by atoms with Gasteiger partial charge < -0.3 is 15.2 Å². The molecule has 1 aliphatic rings. The summed E-state index contributed by atoms with van der Waals surface area (Å²) in [4.78, 5) is 21.8. The summed E-state index contributed by atoms with van der Waals surface area (Å²) in [5, 5.41) is 12.4. The third-order valence-electron chi connectivity index (χ3n) is 5.52. The number of hydrogen-bond donors (Lipinski definition) is 2. The number of rotatable bonds is 6. The molecule has 2 aromatic rings. The summed E-state index contributed by atoms with van der Waals surface area (Å²) < 4.78 is 38.3. The van der Waals surface area contributed by atoms with Gasteiger partial charge in [0.2, 0.25) is 5.91 Å². The number of alkyl halides is 3. The Balaban J connectivity index is 1.65. The van der Waals surface area contributed by atoms with Gasteiger partial charge in [-0.1, -0.05) is 12.1 Å². The van der Waals surface area contributed by atoms with Crippen molar-refractivity contribution in [3.05, 3.63) is 41.2 Å². The van der Waals surface area contributed by atoms with Crippen molar-refractivity contribution in [1.29, 1.82) is 5.26 Å². The number of carbonyl (C=O) groups excluding carboxylic acids is 1. The van der Waals surface area contributed by atoms with Crippen LogP contribution in [0.4, 0.5) is 13.2 Å². The van der Waals surface area contributed by atoms with E-state index in [0.717, 1.165) is 29.9 Å². The molecule has 0 saturated carbocycles. The number of aryl methyl sites for hydroxylation is 1. The normalized spacial score (nSPS) is 17.1. The monoisotopic (exact) mass is 433 g/mol. The molecule has 1 saturated heterocycles. The van der Waals surface area contributed by atoms with Crippen LogP contribution in [0, 0.1) is 18.3 Å². The first-order valence-corrected chi connectivity index (χ1v) is 10.2. The van der Waals surface area contributed by atoms with E-state index in [1.807, 2.05) is 20.8 Å². The van der Waals surface area contributed by atoms with Crippen molar-refractivity contribution < 1.29 is 18.0 Å². The van der Waals surface area contributed by atoms with Gasteiger partial charge in [-0.2, -0.15) is 18.4 Å². The lowest BCUT2D eigenvalue weighted by molar-refractivity contribution is -0.137. The molecule has 0 radical (unpaired) electrons. The lowest BCUT2D eigenvalue weighted by Crippen LogP contribution is -2.48. The molecule has 0 bridgehead atoms. The zero-order chi connectivity index (χ0) is 22.8. The van der Waals surface area contributed by atoms with Gasteiger partial charge >= 0.3 is 6.18 Å². The zero-order valence-corrected chi connectivity index (χ0v) is 17.8. The molecule has 6 nitrogen and oxygen atoms in total. The molecule has 1 atom stereocenters. The van der Waals surface area contributed by atoms with Gasteiger partial charge in [0.05, 0.1) is 23.9 Å². The third-order valence-corrected chi connectivity index (χ3v) is 5.52. The lowest BCUT2D eigenvalue weighted by atomic mass is 9.97. The Morgan fingerprint density at radius 2 is 2.00 bits per heavy atom. The van der Waals surface area contributed by atoms with Crippen LogP contribution in [0.15, 0.2) is 24.3 Å². The number of likely N-dealkylation sites (tertiary alicyclic amines) is 1. The molecule has 31 heavy (non-hydrogen) atoms. The van der Waals surface area contributed by atoms with E-state index in [4.69, 9.17) is 5.26 Å². The third kappa shape index (κ3) is 5.44. The minimum absolute atomic E-state index is 0.0960. The molecule has 2 N–H and O–H groups in total. The Labute approximate surface area is 179 Å². The fourth-order valence-corrected chi connectivity index (χ4v) is 3.72. The van der Waals surface area contributed by atoms with Crippen molar-refractivity contribution in [3.8, 4) is 17.5 Å². The van der Waals surface area contributed by atoms with Crippen LogP contribution in [0.1, 0.15) is 43.6 Å². The Bertz CT molecular complexity index is 973. The quantitative estimate of drug-likeness (QED) is 0.725. The predicted octanol–water partition coefficient (Wildman–Crippen LogP) is 3.83. The number of aromatic nitrogens is 2. The van der Waals surface area contributed by atoms with Crippen molar-refractivity contribution in [2.45, 2.75) is 57.8 Å². The van der Waals surface area contributed by atoms with Gasteiger partial charge in [-0.3, -0.25) is 4.79 Å². The number of nitriles is 1. The highest BCUT2D eigenvalue weighted by Crippen LogP contribution is 2.31. The fourth-order valence-electron chi connectivity index (χ4n) is 3.72. The van der Waals surface area contributed by atoms with Crippen molar-refractivity contribution in [2.24, 2.45) is 0 Å². The van der Waals surface area contributed by atoms with E-state index in [1.165, 1.54) is 12.1 Å². The number of nitrogens with one attached hydrogen (secondary N) is 2. The average molecular weight is 433 g/mol. The van der Waals surface area contributed by atoms with Crippen LogP contribution in [0.25, 0.3) is 11.4 Å². The Morgan fingerprint density at radius 3 is 2.61 bits per heavy atom. The van der Waals surface area contributed by atoms with Crippen LogP contribution in [0.5, 0.6) is 0 Å².